The average molecular weight is 280 g/mol. The van der Waals surface area contributed by atoms with Crippen LogP contribution in [0, 0.1) is 5.82 Å². The molecule has 2 unspecified atom stereocenters. The van der Waals surface area contributed by atoms with Gasteiger partial charge in [-0.3, -0.25) is 0 Å². The lowest BCUT2D eigenvalue weighted by atomic mass is 10.0. The molecule has 0 aliphatic heterocycles. The molecule has 0 fully saturated rings. The van der Waals surface area contributed by atoms with E-state index < -0.39 is 0 Å². The largest absolute Gasteiger partial charge is 0.484 e. The van der Waals surface area contributed by atoms with Gasteiger partial charge in [0.1, 0.15) is 17.7 Å². The van der Waals surface area contributed by atoms with Crippen molar-refractivity contribution in [1.82, 2.24) is 0 Å². The van der Waals surface area contributed by atoms with E-state index in [-0.39, 0.29) is 18.0 Å². The second kappa shape index (κ2) is 6.04. The first-order chi connectivity index (χ1) is 9.06. The van der Waals surface area contributed by atoms with Crippen LogP contribution < -0.4 is 10.5 Å². The molecule has 0 bridgehead atoms. The Morgan fingerprint density at radius 1 is 1.16 bits per heavy atom. The average Bonchev–Trinajstić information content (AvgIpc) is 2.37. The highest BCUT2D eigenvalue weighted by molar-refractivity contribution is 6.30. The number of rotatable bonds is 4. The fraction of sp³-hybridized carbons (Fsp3) is 0.200. The predicted octanol–water partition coefficient (Wildman–Crippen LogP) is 3.95. The van der Waals surface area contributed by atoms with E-state index >= 15 is 0 Å². The monoisotopic (exact) mass is 279 g/mol. The molecular formula is C15H15ClFNO. The molecule has 0 spiro atoms. The topological polar surface area (TPSA) is 35.2 Å². The zero-order valence-corrected chi connectivity index (χ0v) is 11.3. The van der Waals surface area contributed by atoms with E-state index in [0.29, 0.717) is 10.8 Å². The summed E-state index contributed by atoms with van der Waals surface area (Å²) in [5.41, 5.74) is 6.77. The fourth-order valence-corrected chi connectivity index (χ4v) is 2.00. The minimum atomic E-state index is -0.348. The number of hydrogen-bond donors (Lipinski definition) is 1. The zero-order valence-electron chi connectivity index (χ0n) is 10.5. The van der Waals surface area contributed by atoms with Crippen molar-refractivity contribution < 1.29 is 9.13 Å². The molecule has 2 nitrogen and oxygen atoms in total. The minimum Gasteiger partial charge on any atom is -0.484 e. The molecule has 2 aromatic rings. The Kier molecular flexibility index (Phi) is 4.40. The van der Waals surface area contributed by atoms with Gasteiger partial charge in [0.05, 0.1) is 0 Å². The molecule has 2 atom stereocenters. The maximum atomic E-state index is 12.9. The predicted molar refractivity (Wildman–Crippen MR) is 74.9 cm³/mol. The lowest BCUT2D eigenvalue weighted by molar-refractivity contribution is 0.180. The van der Waals surface area contributed by atoms with Crippen molar-refractivity contribution in [1.29, 1.82) is 0 Å². The number of ether oxygens (including phenoxy) is 1. The van der Waals surface area contributed by atoms with E-state index in [0.717, 1.165) is 5.56 Å². The van der Waals surface area contributed by atoms with Crippen molar-refractivity contribution >= 4 is 11.6 Å². The Hall–Kier alpha value is -1.58. The van der Waals surface area contributed by atoms with Gasteiger partial charge in [0.2, 0.25) is 0 Å². The van der Waals surface area contributed by atoms with E-state index in [4.69, 9.17) is 22.1 Å². The lowest BCUT2D eigenvalue weighted by Crippen LogP contribution is -2.29. The first-order valence-corrected chi connectivity index (χ1v) is 6.37. The quantitative estimate of drug-likeness (QED) is 0.920. The molecule has 4 heteroatoms. The molecule has 2 N–H and O–H groups in total. The summed E-state index contributed by atoms with van der Waals surface area (Å²) in [6.07, 6.45) is -0.348. The number of hydrogen-bond acceptors (Lipinski definition) is 2. The Morgan fingerprint density at radius 2 is 1.84 bits per heavy atom. The van der Waals surface area contributed by atoms with Crippen LogP contribution in [-0.4, -0.2) is 6.04 Å². The number of halogens is 2. The van der Waals surface area contributed by atoms with E-state index in [2.05, 4.69) is 0 Å². The summed E-state index contributed by atoms with van der Waals surface area (Å²) in [5.74, 6) is 0.356. The Bertz CT molecular complexity index is 542. The van der Waals surface area contributed by atoms with Crippen LogP contribution in [0.2, 0.25) is 5.02 Å². The highest BCUT2D eigenvalue weighted by atomic mass is 35.5. The molecule has 0 aliphatic rings. The normalized spacial score (nSPS) is 13.9. The van der Waals surface area contributed by atoms with E-state index in [1.807, 2.05) is 13.0 Å². The van der Waals surface area contributed by atoms with Gasteiger partial charge >= 0.3 is 0 Å². The van der Waals surface area contributed by atoms with Gasteiger partial charge in [-0.15, -0.1) is 0 Å². The van der Waals surface area contributed by atoms with Crippen molar-refractivity contribution in [3.8, 4) is 5.75 Å². The van der Waals surface area contributed by atoms with Gasteiger partial charge in [0, 0.05) is 11.1 Å². The summed E-state index contributed by atoms with van der Waals surface area (Å²) < 4.78 is 18.8. The van der Waals surface area contributed by atoms with Crippen LogP contribution in [0.5, 0.6) is 5.75 Å². The standard InChI is InChI=1S/C15H15ClFNO/c1-10(18)15(11-5-7-13(17)8-6-11)19-14-4-2-3-12(16)9-14/h2-10,15H,18H2,1H3. The van der Waals surface area contributed by atoms with Gasteiger partial charge in [-0.25, -0.2) is 4.39 Å². The van der Waals surface area contributed by atoms with Gasteiger partial charge in [0.25, 0.3) is 0 Å². The van der Waals surface area contributed by atoms with Gasteiger partial charge < -0.3 is 10.5 Å². The summed E-state index contributed by atoms with van der Waals surface area (Å²) in [6.45, 7) is 1.85. The number of nitrogens with two attached hydrogens (primary N) is 1. The molecule has 2 aromatic carbocycles. The van der Waals surface area contributed by atoms with Crippen LogP contribution >= 0.6 is 11.6 Å². The summed E-state index contributed by atoms with van der Waals surface area (Å²) in [5, 5.41) is 0.597. The molecule has 2 rings (SSSR count). The molecule has 0 saturated heterocycles. The third-order valence-electron chi connectivity index (χ3n) is 2.74. The van der Waals surface area contributed by atoms with Crippen LogP contribution in [0.3, 0.4) is 0 Å². The summed E-state index contributed by atoms with van der Waals surface area (Å²) in [6, 6.07) is 13.0. The van der Waals surface area contributed by atoms with Gasteiger partial charge in [-0.2, -0.15) is 0 Å². The molecule has 19 heavy (non-hydrogen) atoms. The van der Waals surface area contributed by atoms with Crippen LogP contribution in [0.1, 0.15) is 18.6 Å². The molecular weight excluding hydrogens is 265 g/mol. The van der Waals surface area contributed by atoms with Crippen molar-refractivity contribution in [2.45, 2.75) is 19.1 Å². The third-order valence-corrected chi connectivity index (χ3v) is 2.97. The summed E-state index contributed by atoms with van der Waals surface area (Å²) >= 11 is 5.91. The molecule has 0 aromatic heterocycles. The van der Waals surface area contributed by atoms with Crippen LogP contribution in [0.4, 0.5) is 4.39 Å². The Balaban J connectivity index is 2.23. The maximum absolute atomic E-state index is 12.9. The van der Waals surface area contributed by atoms with E-state index in [1.54, 1.807) is 30.3 Å². The van der Waals surface area contributed by atoms with Gasteiger partial charge in [0.15, 0.2) is 0 Å². The SMILES string of the molecule is CC(N)C(Oc1cccc(Cl)c1)c1ccc(F)cc1. The molecule has 0 saturated carbocycles. The summed E-state index contributed by atoms with van der Waals surface area (Å²) in [4.78, 5) is 0. The van der Waals surface area contributed by atoms with Crippen molar-refractivity contribution in [3.05, 3.63) is 64.9 Å². The second-order valence-corrected chi connectivity index (χ2v) is 4.84. The fourth-order valence-electron chi connectivity index (χ4n) is 1.82. The molecule has 0 aliphatic carbocycles. The van der Waals surface area contributed by atoms with Gasteiger partial charge in [-0.1, -0.05) is 29.8 Å². The first-order valence-electron chi connectivity index (χ1n) is 5.99. The highest BCUT2D eigenvalue weighted by Gasteiger charge is 2.18. The summed E-state index contributed by atoms with van der Waals surface area (Å²) in [7, 11) is 0. The van der Waals surface area contributed by atoms with Gasteiger partial charge in [-0.05, 0) is 42.8 Å². The van der Waals surface area contributed by atoms with Crippen LogP contribution in [0.15, 0.2) is 48.5 Å². The van der Waals surface area contributed by atoms with E-state index in [1.165, 1.54) is 12.1 Å². The number of benzene rings is 2. The first kappa shape index (κ1) is 13.8. The minimum absolute atomic E-state index is 0.232. The van der Waals surface area contributed by atoms with Crippen LogP contribution in [-0.2, 0) is 0 Å². The smallest absolute Gasteiger partial charge is 0.138 e. The van der Waals surface area contributed by atoms with E-state index in [9.17, 15) is 4.39 Å². The molecule has 0 radical (unpaired) electrons. The highest BCUT2D eigenvalue weighted by Crippen LogP contribution is 2.26. The zero-order chi connectivity index (χ0) is 13.8. The molecule has 100 valence electrons. The van der Waals surface area contributed by atoms with Crippen molar-refractivity contribution in [2.75, 3.05) is 0 Å². The Morgan fingerprint density at radius 3 is 2.42 bits per heavy atom. The van der Waals surface area contributed by atoms with Crippen molar-refractivity contribution in [3.63, 3.8) is 0 Å². The third kappa shape index (κ3) is 3.69. The lowest BCUT2D eigenvalue weighted by Gasteiger charge is -2.23. The Labute approximate surface area is 117 Å². The van der Waals surface area contributed by atoms with Crippen LogP contribution in [0.25, 0.3) is 0 Å². The maximum Gasteiger partial charge on any atom is 0.138 e. The molecule has 0 heterocycles. The second-order valence-electron chi connectivity index (χ2n) is 4.41. The van der Waals surface area contributed by atoms with Crippen molar-refractivity contribution in [2.24, 2.45) is 5.73 Å². The molecule has 0 amide bonds.